The van der Waals surface area contributed by atoms with Gasteiger partial charge in [0, 0.05) is 12.5 Å². The average Bonchev–Trinajstić information content (AvgIpc) is 2.75. The molecule has 1 aliphatic heterocycles. The Bertz CT molecular complexity index is 399. The third-order valence-corrected chi connectivity index (χ3v) is 3.03. The number of piperidine rings is 1. The minimum Gasteiger partial charge on any atom is -0.477 e. The first-order valence-corrected chi connectivity index (χ1v) is 5.80. The van der Waals surface area contributed by atoms with Crippen molar-refractivity contribution in [1.82, 2.24) is 15.1 Å². The zero-order chi connectivity index (χ0) is 12.3. The van der Waals surface area contributed by atoms with Gasteiger partial charge in [-0.05, 0) is 25.5 Å². The van der Waals surface area contributed by atoms with Gasteiger partial charge in [0.05, 0.1) is 12.2 Å². The molecule has 1 saturated heterocycles. The topological polar surface area (TPSA) is 67.2 Å². The normalized spacial score (nSPS) is 20.4. The van der Waals surface area contributed by atoms with Gasteiger partial charge in [-0.15, -0.1) is 0 Å². The van der Waals surface area contributed by atoms with Crippen molar-refractivity contribution in [3.63, 3.8) is 0 Å². The van der Waals surface area contributed by atoms with Crippen molar-refractivity contribution in [2.75, 3.05) is 19.8 Å². The van der Waals surface area contributed by atoms with E-state index in [9.17, 15) is 9.18 Å². The summed E-state index contributed by atoms with van der Waals surface area (Å²) in [5.41, 5.74) is 0.825. The molecule has 0 radical (unpaired) electrons. The molecule has 6 heteroatoms. The predicted octanol–water partition coefficient (Wildman–Crippen LogP) is 1.02. The molecule has 0 spiro atoms. The van der Waals surface area contributed by atoms with Crippen molar-refractivity contribution in [1.29, 1.82) is 0 Å². The number of rotatable bonds is 4. The first-order valence-electron chi connectivity index (χ1n) is 5.80. The van der Waals surface area contributed by atoms with Gasteiger partial charge in [0.15, 0.2) is 0 Å². The van der Waals surface area contributed by atoms with Crippen molar-refractivity contribution in [3.8, 4) is 0 Å². The van der Waals surface area contributed by atoms with Crippen molar-refractivity contribution < 1.29 is 14.3 Å². The zero-order valence-electron chi connectivity index (χ0n) is 9.53. The second-order valence-electron chi connectivity index (χ2n) is 4.21. The van der Waals surface area contributed by atoms with E-state index in [2.05, 4.69) is 10.4 Å². The Kier molecular flexibility index (Phi) is 3.73. The highest BCUT2D eigenvalue weighted by atomic mass is 19.1. The van der Waals surface area contributed by atoms with Gasteiger partial charge in [-0.1, -0.05) is 0 Å². The van der Waals surface area contributed by atoms with Crippen LogP contribution in [0.5, 0.6) is 0 Å². The SMILES string of the molecule is O=C(O)c1cc([C@@H]2CCCNC2)nn1CCF. The van der Waals surface area contributed by atoms with Crippen LogP contribution in [0.1, 0.15) is 34.9 Å². The molecule has 1 fully saturated rings. The molecular weight excluding hydrogens is 225 g/mol. The quantitative estimate of drug-likeness (QED) is 0.825. The van der Waals surface area contributed by atoms with Gasteiger partial charge in [-0.3, -0.25) is 4.68 Å². The van der Waals surface area contributed by atoms with E-state index in [1.807, 2.05) is 0 Å². The summed E-state index contributed by atoms with van der Waals surface area (Å²) in [6.45, 7) is 1.20. The second kappa shape index (κ2) is 5.27. The largest absolute Gasteiger partial charge is 0.477 e. The molecular formula is C11H16FN3O2. The maximum atomic E-state index is 12.3. The van der Waals surface area contributed by atoms with Gasteiger partial charge < -0.3 is 10.4 Å². The third kappa shape index (κ3) is 2.63. The van der Waals surface area contributed by atoms with Crippen LogP contribution in [0, 0.1) is 0 Å². The van der Waals surface area contributed by atoms with E-state index >= 15 is 0 Å². The Hall–Kier alpha value is -1.43. The smallest absolute Gasteiger partial charge is 0.354 e. The van der Waals surface area contributed by atoms with E-state index < -0.39 is 12.6 Å². The highest BCUT2D eigenvalue weighted by Gasteiger charge is 2.21. The second-order valence-corrected chi connectivity index (χ2v) is 4.21. The Labute approximate surface area is 98.6 Å². The summed E-state index contributed by atoms with van der Waals surface area (Å²) in [6, 6.07) is 1.57. The number of aryl methyl sites for hydroxylation is 1. The van der Waals surface area contributed by atoms with Crippen LogP contribution in [-0.4, -0.2) is 40.6 Å². The zero-order valence-corrected chi connectivity index (χ0v) is 9.53. The van der Waals surface area contributed by atoms with Crippen LogP contribution in [0.2, 0.25) is 0 Å². The number of hydrogen-bond acceptors (Lipinski definition) is 3. The molecule has 5 nitrogen and oxygen atoms in total. The Balaban J connectivity index is 2.22. The van der Waals surface area contributed by atoms with E-state index in [1.54, 1.807) is 6.07 Å². The Morgan fingerprint density at radius 1 is 1.71 bits per heavy atom. The molecule has 0 aliphatic carbocycles. The van der Waals surface area contributed by atoms with E-state index in [-0.39, 0.29) is 18.2 Å². The first-order chi connectivity index (χ1) is 8.22. The van der Waals surface area contributed by atoms with Gasteiger partial charge >= 0.3 is 5.97 Å². The van der Waals surface area contributed by atoms with E-state index in [4.69, 9.17) is 5.11 Å². The number of halogens is 1. The van der Waals surface area contributed by atoms with E-state index in [1.165, 1.54) is 4.68 Å². The van der Waals surface area contributed by atoms with Crippen molar-refractivity contribution in [2.24, 2.45) is 0 Å². The lowest BCUT2D eigenvalue weighted by Gasteiger charge is -2.20. The number of carboxylic acid groups (broad SMARTS) is 1. The maximum Gasteiger partial charge on any atom is 0.354 e. The summed E-state index contributed by atoms with van der Waals surface area (Å²) in [5, 5.41) is 16.5. The van der Waals surface area contributed by atoms with Crippen LogP contribution in [0.3, 0.4) is 0 Å². The summed E-state index contributed by atoms with van der Waals surface area (Å²) in [5.74, 6) is -0.816. The summed E-state index contributed by atoms with van der Waals surface area (Å²) in [7, 11) is 0. The van der Waals surface area contributed by atoms with Crippen molar-refractivity contribution in [2.45, 2.75) is 25.3 Å². The number of aromatic carboxylic acids is 1. The lowest BCUT2D eigenvalue weighted by Crippen LogP contribution is -2.28. The van der Waals surface area contributed by atoms with Crippen LogP contribution in [0.25, 0.3) is 0 Å². The highest BCUT2D eigenvalue weighted by molar-refractivity contribution is 5.85. The number of hydrogen-bond donors (Lipinski definition) is 2. The highest BCUT2D eigenvalue weighted by Crippen LogP contribution is 2.22. The molecule has 2 rings (SSSR count). The number of nitrogens with one attached hydrogen (secondary N) is 1. The van der Waals surface area contributed by atoms with Crippen LogP contribution in [-0.2, 0) is 6.54 Å². The molecule has 2 heterocycles. The van der Waals surface area contributed by atoms with Crippen LogP contribution < -0.4 is 5.32 Å². The number of carboxylic acids is 1. The van der Waals surface area contributed by atoms with Crippen molar-refractivity contribution >= 4 is 5.97 Å². The monoisotopic (exact) mass is 241 g/mol. The van der Waals surface area contributed by atoms with Crippen molar-refractivity contribution in [3.05, 3.63) is 17.5 Å². The molecule has 17 heavy (non-hydrogen) atoms. The third-order valence-electron chi connectivity index (χ3n) is 3.03. The minimum atomic E-state index is -1.05. The number of nitrogens with zero attached hydrogens (tertiary/aromatic N) is 2. The van der Waals surface area contributed by atoms with Crippen LogP contribution >= 0.6 is 0 Å². The first kappa shape index (κ1) is 12.0. The fourth-order valence-corrected chi connectivity index (χ4v) is 2.16. The van der Waals surface area contributed by atoms with Gasteiger partial charge in [-0.25, -0.2) is 9.18 Å². The summed E-state index contributed by atoms with van der Waals surface area (Å²) >= 11 is 0. The summed E-state index contributed by atoms with van der Waals surface area (Å²) in [6.07, 6.45) is 2.06. The standard InChI is InChI=1S/C11H16FN3O2/c12-3-5-15-10(11(16)17)6-9(14-15)8-2-1-4-13-7-8/h6,8,13H,1-5,7H2,(H,16,17)/t8-/m1/s1. The molecule has 1 aliphatic rings. The summed E-state index contributed by atoms with van der Waals surface area (Å²) < 4.78 is 13.5. The van der Waals surface area contributed by atoms with Gasteiger partial charge in [0.2, 0.25) is 0 Å². The molecule has 1 aromatic rings. The van der Waals surface area contributed by atoms with E-state index in [0.29, 0.717) is 0 Å². The molecule has 0 bridgehead atoms. The van der Waals surface area contributed by atoms with Crippen LogP contribution in [0.15, 0.2) is 6.07 Å². The molecule has 0 amide bonds. The van der Waals surface area contributed by atoms with Gasteiger partial charge in [0.1, 0.15) is 12.4 Å². The molecule has 2 N–H and O–H groups in total. The fraction of sp³-hybridized carbons (Fsp3) is 0.636. The summed E-state index contributed by atoms with van der Waals surface area (Å²) in [4.78, 5) is 11.0. The number of carbonyl (C=O) groups is 1. The van der Waals surface area contributed by atoms with Gasteiger partial charge in [-0.2, -0.15) is 5.10 Å². The number of aromatic nitrogens is 2. The molecule has 1 aromatic heterocycles. The lowest BCUT2D eigenvalue weighted by atomic mass is 9.96. The lowest BCUT2D eigenvalue weighted by molar-refractivity contribution is 0.0682. The maximum absolute atomic E-state index is 12.3. The molecule has 0 unspecified atom stereocenters. The van der Waals surface area contributed by atoms with Crippen LogP contribution in [0.4, 0.5) is 4.39 Å². The molecule has 0 aromatic carbocycles. The molecule has 1 atom stereocenters. The average molecular weight is 241 g/mol. The fourth-order valence-electron chi connectivity index (χ4n) is 2.16. The van der Waals surface area contributed by atoms with Gasteiger partial charge in [0.25, 0.3) is 0 Å². The molecule has 0 saturated carbocycles. The Morgan fingerprint density at radius 2 is 2.53 bits per heavy atom. The predicted molar refractivity (Wildman–Crippen MR) is 60.0 cm³/mol. The molecule has 94 valence electrons. The Morgan fingerprint density at radius 3 is 3.12 bits per heavy atom. The number of alkyl halides is 1. The minimum absolute atomic E-state index is 0.00177. The van der Waals surface area contributed by atoms with E-state index in [0.717, 1.165) is 31.6 Å².